The molecule has 104 valence electrons. The van der Waals surface area contributed by atoms with Gasteiger partial charge >= 0.3 is 12.6 Å². The number of hydrogen-bond acceptors (Lipinski definition) is 4. The first-order chi connectivity index (χ1) is 9.56. The average molecular weight is 279 g/mol. The molecular weight excluding hydrogens is 268 g/mol. The molecule has 0 heterocycles. The molecule has 0 spiro atoms. The maximum Gasteiger partial charge on any atom is 0.387 e. The van der Waals surface area contributed by atoms with Gasteiger partial charge in [-0.1, -0.05) is 24.8 Å². The van der Waals surface area contributed by atoms with E-state index >= 15 is 0 Å². The van der Waals surface area contributed by atoms with E-state index in [0.29, 0.717) is 5.56 Å². The Labute approximate surface area is 114 Å². The second kappa shape index (κ2) is 7.69. The normalized spacial score (nSPS) is 10.8. The van der Waals surface area contributed by atoms with Gasteiger partial charge in [-0.2, -0.15) is 14.0 Å². The first-order valence-electron chi connectivity index (χ1n) is 5.51. The van der Waals surface area contributed by atoms with E-state index in [2.05, 4.69) is 11.3 Å². The van der Waals surface area contributed by atoms with Crippen molar-refractivity contribution in [2.75, 3.05) is 6.61 Å². The van der Waals surface area contributed by atoms with Crippen LogP contribution in [0.1, 0.15) is 5.56 Å². The second-order valence-corrected chi connectivity index (χ2v) is 3.50. The Morgan fingerprint density at radius 2 is 2.05 bits per heavy atom. The number of halogens is 2. The van der Waals surface area contributed by atoms with Gasteiger partial charge in [0.25, 0.3) is 0 Å². The highest BCUT2D eigenvalue weighted by atomic mass is 19.3. The van der Waals surface area contributed by atoms with Crippen LogP contribution in [0.15, 0.2) is 42.5 Å². The van der Waals surface area contributed by atoms with Crippen molar-refractivity contribution in [3.05, 3.63) is 48.1 Å². The number of benzene rings is 1. The number of nitrogens with zero attached hydrogens (tertiary/aromatic N) is 1. The molecule has 0 aromatic heterocycles. The Kier molecular flexibility index (Phi) is 5.91. The van der Waals surface area contributed by atoms with Gasteiger partial charge in [0.05, 0.1) is 0 Å². The Hall–Kier alpha value is -2.68. The van der Waals surface area contributed by atoms with E-state index in [0.717, 1.165) is 0 Å². The van der Waals surface area contributed by atoms with E-state index in [1.807, 2.05) is 0 Å². The molecular formula is C14H11F2NO3. The molecule has 0 radical (unpaired) electrons. The number of carbonyl (C=O) groups is 1. The van der Waals surface area contributed by atoms with E-state index < -0.39 is 12.6 Å². The maximum atomic E-state index is 12.0. The van der Waals surface area contributed by atoms with Crippen molar-refractivity contribution in [3.63, 3.8) is 0 Å². The third-order valence-electron chi connectivity index (χ3n) is 2.09. The Bertz CT molecular complexity index is 545. The third-order valence-corrected chi connectivity index (χ3v) is 2.09. The lowest BCUT2D eigenvalue weighted by atomic mass is 10.1. The molecule has 1 aromatic rings. The molecule has 0 aliphatic heterocycles. The molecule has 0 unspecified atom stereocenters. The second-order valence-electron chi connectivity index (χ2n) is 3.50. The molecule has 6 heteroatoms. The monoisotopic (exact) mass is 279 g/mol. The number of nitriles is 1. The summed E-state index contributed by atoms with van der Waals surface area (Å²) in [5, 5.41) is 8.86. The Morgan fingerprint density at radius 1 is 1.40 bits per heavy atom. The fraction of sp³-hybridized carbons (Fsp3) is 0.143. The minimum Gasteiger partial charge on any atom is -0.457 e. The van der Waals surface area contributed by atoms with E-state index in [1.54, 1.807) is 6.07 Å². The summed E-state index contributed by atoms with van der Waals surface area (Å²) >= 11 is 0. The summed E-state index contributed by atoms with van der Waals surface area (Å²) in [5.74, 6) is -0.787. The number of carbonyl (C=O) groups excluding carboxylic acids is 1. The zero-order valence-corrected chi connectivity index (χ0v) is 10.4. The minimum atomic E-state index is -2.90. The van der Waals surface area contributed by atoms with Gasteiger partial charge in [-0.3, -0.25) is 0 Å². The molecule has 0 N–H and O–H groups in total. The summed E-state index contributed by atoms with van der Waals surface area (Å²) < 4.78 is 32.8. The number of hydrogen-bond donors (Lipinski definition) is 0. The first-order valence-corrected chi connectivity index (χ1v) is 5.51. The zero-order valence-electron chi connectivity index (χ0n) is 10.4. The molecule has 4 nitrogen and oxygen atoms in total. The van der Waals surface area contributed by atoms with Gasteiger partial charge in [-0.05, 0) is 23.8 Å². The molecule has 1 rings (SSSR count). The van der Waals surface area contributed by atoms with Crippen LogP contribution < -0.4 is 4.74 Å². The lowest BCUT2D eigenvalue weighted by Crippen LogP contribution is -2.06. The van der Waals surface area contributed by atoms with Crippen LogP contribution >= 0.6 is 0 Å². The van der Waals surface area contributed by atoms with Crippen molar-refractivity contribution in [1.82, 2.24) is 0 Å². The summed E-state index contributed by atoms with van der Waals surface area (Å²) in [7, 11) is 0. The van der Waals surface area contributed by atoms with Gasteiger partial charge in [-0.15, -0.1) is 0 Å². The van der Waals surface area contributed by atoms with Crippen LogP contribution in [0.4, 0.5) is 8.78 Å². The molecule has 0 aliphatic rings. The predicted octanol–water partition coefficient (Wildman–Crippen LogP) is 2.92. The lowest BCUT2D eigenvalue weighted by molar-refractivity contribution is -0.137. The van der Waals surface area contributed by atoms with E-state index in [4.69, 9.17) is 10.00 Å². The molecule has 0 saturated carbocycles. The molecule has 0 bridgehead atoms. The highest BCUT2D eigenvalue weighted by Crippen LogP contribution is 2.16. The number of alkyl halides is 2. The summed E-state index contributed by atoms with van der Waals surface area (Å²) in [4.78, 5) is 11.5. The third kappa shape index (κ3) is 4.90. The zero-order chi connectivity index (χ0) is 15.0. The largest absolute Gasteiger partial charge is 0.457 e. The number of esters is 1. The van der Waals surface area contributed by atoms with Crippen LogP contribution in [0.25, 0.3) is 6.08 Å². The molecule has 0 amide bonds. The van der Waals surface area contributed by atoms with E-state index in [1.165, 1.54) is 36.4 Å². The van der Waals surface area contributed by atoms with Gasteiger partial charge in [0.15, 0.2) is 0 Å². The predicted molar refractivity (Wildman–Crippen MR) is 67.8 cm³/mol. The van der Waals surface area contributed by atoms with Crippen LogP contribution in [-0.4, -0.2) is 19.2 Å². The molecule has 0 aliphatic carbocycles. The first kappa shape index (κ1) is 15.4. The molecule has 0 fully saturated rings. The fourth-order valence-electron chi connectivity index (χ4n) is 1.26. The highest BCUT2D eigenvalue weighted by molar-refractivity contribution is 5.97. The molecule has 0 atom stereocenters. The fourth-order valence-corrected chi connectivity index (χ4v) is 1.26. The van der Waals surface area contributed by atoms with Gasteiger partial charge in [-0.25, -0.2) is 4.79 Å². The van der Waals surface area contributed by atoms with Crippen molar-refractivity contribution in [2.24, 2.45) is 0 Å². The topological polar surface area (TPSA) is 59.3 Å². The van der Waals surface area contributed by atoms with Crippen LogP contribution in [0.3, 0.4) is 0 Å². The minimum absolute atomic E-state index is 0.000973. The quantitative estimate of drug-likeness (QED) is 0.348. The van der Waals surface area contributed by atoms with Crippen LogP contribution in [0, 0.1) is 11.3 Å². The van der Waals surface area contributed by atoms with Gasteiger partial charge in [0.2, 0.25) is 0 Å². The summed E-state index contributed by atoms with van der Waals surface area (Å²) in [6.07, 6.45) is 2.67. The SMILES string of the molecule is C=CCOC(=O)C(C#N)=Cc1ccc(OC(F)F)cc1. The van der Waals surface area contributed by atoms with Crippen molar-refractivity contribution in [1.29, 1.82) is 5.26 Å². The molecule has 0 saturated heterocycles. The summed E-state index contributed by atoms with van der Waals surface area (Å²) in [6, 6.07) is 7.20. The van der Waals surface area contributed by atoms with Crippen molar-refractivity contribution in [2.45, 2.75) is 6.61 Å². The summed E-state index contributed by atoms with van der Waals surface area (Å²) in [5.41, 5.74) is 0.285. The molecule has 20 heavy (non-hydrogen) atoms. The smallest absolute Gasteiger partial charge is 0.387 e. The number of rotatable bonds is 6. The maximum absolute atomic E-state index is 12.0. The van der Waals surface area contributed by atoms with Crippen LogP contribution in [-0.2, 0) is 9.53 Å². The van der Waals surface area contributed by atoms with Gasteiger partial charge in [0, 0.05) is 0 Å². The Balaban J connectivity index is 2.83. The summed E-state index contributed by atoms with van der Waals surface area (Å²) in [6.45, 7) is 0.477. The van der Waals surface area contributed by atoms with Crippen LogP contribution in [0.5, 0.6) is 5.75 Å². The van der Waals surface area contributed by atoms with E-state index in [-0.39, 0.29) is 17.9 Å². The average Bonchev–Trinajstić information content (AvgIpc) is 2.43. The van der Waals surface area contributed by atoms with Crippen molar-refractivity contribution < 1.29 is 23.0 Å². The standard InChI is InChI=1S/C14H11F2NO3/c1-2-7-19-13(18)11(9-17)8-10-3-5-12(6-4-10)20-14(15)16/h2-6,8,14H,1,7H2. The van der Waals surface area contributed by atoms with Crippen molar-refractivity contribution >= 4 is 12.0 Å². The van der Waals surface area contributed by atoms with Crippen LogP contribution in [0.2, 0.25) is 0 Å². The highest BCUT2D eigenvalue weighted by Gasteiger charge is 2.10. The number of ether oxygens (including phenoxy) is 2. The van der Waals surface area contributed by atoms with Crippen molar-refractivity contribution in [3.8, 4) is 11.8 Å². The molecule has 1 aromatic carbocycles. The Morgan fingerprint density at radius 3 is 2.55 bits per heavy atom. The van der Waals surface area contributed by atoms with Gasteiger partial charge in [0.1, 0.15) is 24.0 Å². The lowest BCUT2D eigenvalue weighted by Gasteiger charge is -2.04. The van der Waals surface area contributed by atoms with Gasteiger partial charge < -0.3 is 9.47 Å². The van der Waals surface area contributed by atoms with E-state index in [9.17, 15) is 13.6 Å².